The monoisotopic (exact) mass is 840 g/mol. The Bertz CT molecular complexity index is 1230. The molecule has 1 aliphatic rings. The first-order valence-corrected chi connectivity index (χ1v) is 24.2. The van der Waals surface area contributed by atoms with E-state index in [0.29, 0.717) is 43.1 Å². The second kappa shape index (κ2) is 33.6. The van der Waals surface area contributed by atoms with E-state index in [0.717, 1.165) is 38.5 Å². The molecule has 0 bridgehead atoms. The van der Waals surface area contributed by atoms with Crippen molar-refractivity contribution in [2.75, 3.05) is 47.5 Å². The third-order valence-electron chi connectivity index (χ3n) is 10.4. The number of phosphoric ester groups is 1. The Morgan fingerprint density at radius 1 is 0.793 bits per heavy atom. The average Bonchev–Trinajstić information content (AvgIpc) is 3.52. The molecule has 58 heavy (non-hydrogen) atoms. The van der Waals surface area contributed by atoms with Crippen LogP contribution in [0, 0.1) is 11.8 Å². The summed E-state index contributed by atoms with van der Waals surface area (Å²) in [5, 5.41) is 10.2. The maximum atomic E-state index is 12.8. The molecule has 1 rings (SSSR count). The first-order valence-electron chi connectivity index (χ1n) is 22.8. The number of allylic oxidation sites excluding steroid dienone is 5. The smallest absolute Gasteiger partial charge is 0.306 e. The summed E-state index contributed by atoms with van der Waals surface area (Å²) in [4.78, 5) is 50.1. The summed E-state index contributed by atoms with van der Waals surface area (Å²) < 4.78 is 33.9. The van der Waals surface area contributed by atoms with Gasteiger partial charge in [0, 0.05) is 18.8 Å². The van der Waals surface area contributed by atoms with Gasteiger partial charge < -0.3 is 33.0 Å². The van der Waals surface area contributed by atoms with E-state index < -0.39 is 38.6 Å². The molecule has 0 aliphatic heterocycles. The van der Waals surface area contributed by atoms with E-state index in [9.17, 15) is 28.9 Å². The van der Waals surface area contributed by atoms with Crippen molar-refractivity contribution in [1.82, 2.24) is 0 Å². The molecule has 0 fully saturated rings. The Morgan fingerprint density at radius 3 is 1.97 bits per heavy atom. The molecule has 0 aromatic heterocycles. The molecule has 12 heteroatoms. The number of aliphatic hydroxyl groups is 1. The molecule has 0 radical (unpaired) electrons. The number of ether oxygens (including phenoxy) is 2. The van der Waals surface area contributed by atoms with Crippen LogP contribution < -0.4 is 4.89 Å². The lowest BCUT2D eigenvalue weighted by molar-refractivity contribution is -0.870. The molecule has 5 atom stereocenters. The van der Waals surface area contributed by atoms with E-state index >= 15 is 0 Å². The molecular formula is C46H82NO10P. The summed E-state index contributed by atoms with van der Waals surface area (Å²) in [7, 11) is 1.05. The van der Waals surface area contributed by atoms with E-state index in [4.69, 9.17) is 18.5 Å². The third-order valence-corrected chi connectivity index (χ3v) is 11.4. The van der Waals surface area contributed by atoms with Crippen LogP contribution in [0.2, 0.25) is 0 Å². The normalized spacial score (nSPS) is 17.9. The van der Waals surface area contributed by atoms with E-state index in [-0.39, 0.29) is 43.7 Å². The SMILES string of the molecule is CCCCCCCCCCCCCCCCCC(=O)OC[C@H](COP(=O)([O-])OCC[N+](C)(C)C)OC(=O)CCC/C=C\C[C@H]1C=CC(=O)[C@@H]1/C=C/[C@@H](O)CCCCC. The maximum Gasteiger partial charge on any atom is 0.306 e. The number of hydrogen-bond acceptors (Lipinski definition) is 10. The molecular weight excluding hydrogens is 757 g/mol. The number of phosphoric acid groups is 1. The Hall–Kier alpha value is -2.14. The number of unbranched alkanes of at least 4 members (excludes halogenated alkanes) is 17. The Kier molecular flexibility index (Phi) is 31.2. The molecule has 0 aromatic rings. The van der Waals surface area contributed by atoms with Crippen LogP contribution in [-0.2, 0) is 37.5 Å². The molecule has 1 unspecified atom stereocenters. The summed E-state index contributed by atoms with van der Waals surface area (Å²) in [6.45, 7) is 3.90. The van der Waals surface area contributed by atoms with Crippen LogP contribution in [0.1, 0.15) is 168 Å². The predicted octanol–water partition coefficient (Wildman–Crippen LogP) is 9.90. The molecule has 0 saturated carbocycles. The van der Waals surface area contributed by atoms with Gasteiger partial charge in [-0.3, -0.25) is 18.9 Å². The Morgan fingerprint density at radius 2 is 1.36 bits per heavy atom. The number of esters is 2. The second-order valence-electron chi connectivity index (χ2n) is 17.1. The van der Waals surface area contributed by atoms with Crippen LogP contribution in [0.15, 0.2) is 36.5 Å². The van der Waals surface area contributed by atoms with Crippen LogP contribution in [0.3, 0.4) is 0 Å². The molecule has 0 heterocycles. The van der Waals surface area contributed by atoms with Crippen LogP contribution in [0.5, 0.6) is 0 Å². The van der Waals surface area contributed by atoms with Crippen molar-refractivity contribution in [1.29, 1.82) is 0 Å². The largest absolute Gasteiger partial charge is 0.756 e. The first-order chi connectivity index (χ1) is 27.8. The number of hydrogen-bond donors (Lipinski definition) is 1. The number of nitrogens with zero attached hydrogens (tertiary/aromatic N) is 1. The van der Waals surface area contributed by atoms with Crippen molar-refractivity contribution >= 4 is 25.5 Å². The highest BCUT2D eigenvalue weighted by atomic mass is 31.2. The fourth-order valence-corrected chi connectivity index (χ4v) is 7.43. The number of likely N-dealkylation sites (N-methyl/N-ethyl adjacent to an activating group) is 1. The number of quaternary nitrogens is 1. The van der Waals surface area contributed by atoms with Gasteiger partial charge in [0.25, 0.3) is 7.82 Å². The molecule has 0 amide bonds. The van der Waals surface area contributed by atoms with E-state index in [1.54, 1.807) is 12.2 Å². The van der Waals surface area contributed by atoms with Gasteiger partial charge in [0.1, 0.15) is 19.8 Å². The predicted molar refractivity (Wildman–Crippen MR) is 231 cm³/mol. The Balaban J connectivity index is 2.45. The standard InChI is InChI=1S/C46H82NO10P/c1-6-8-10-11-12-13-14-15-16-17-18-19-20-21-26-30-45(50)54-38-42(39-56-58(52,53)55-37-36-47(3,4)5)57-46(51)31-27-23-22-25-28-40-32-35-44(49)43(40)34-33-41(48)29-24-9-7-2/h22,25,32-35,40-43,48H,6-21,23-24,26-31,36-39H2,1-5H3/b25-22-,34-33+/t40-,41-,42+,43+/m0/s1. The van der Waals surface area contributed by atoms with Gasteiger partial charge in [-0.25, -0.2) is 0 Å². The summed E-state index contributed by atoms with van der Waals surface area (Å²) >= 11 is 0. The first kappa shape index (κ1) is 53.9. The fourth-order valence-electron chi connectivity index (χ4n) is 6.70. The zero-order valence-corrected chi connectivity index (χ0v) is 38.0. The quantitative estimate of drug-likeness (QED) is 0.0209. The van der Waals surface area contributed by atoms with Crippen molar-refractivity contribution in [2.45, 2.75) is 180 Å². The van der Waals surface area contributed by atoms with E-state index in [2.05, 4.69) is 13.8 Å². The number of aliphatic hydroxyl groups excluding tert-OH is 1. The van der Waals surface area contributed by atoms with E-state index in [1.165, 1.54) is 70.6 Å². The minimum absolute atomic E-state index is 0.0176. The van der Waals surface area contributed by atoms with Crippen molar-refractivity contribution < 1.29 is 52.0 Å². The van der Waals surface area contributed by atoms with Gasteiger partial charge in [-0.15, -0.1) is 0 Å². The number of rotatable bonds is 38. The van der Waals surface area contributed by atoms with Crippen molar-refractivity contribution in [3.05, 3.63) is 36.5 Å². The maximum absolute atomic E-state index is 12.8. The van der Waals surface area contributed by atoms with Gasteiger partial charge in [0.05, 0.1) is 33.9 Å². The van der Waals surface area contributed by atoms with Crippen molar-refractivity contribution in [2.24, 2.45) is 11.8 Å². The topological polar surface area (TPSA) is 148 Å². The zero-order valence-electron chi connectivity index (χ0n) is 37.1. The molecule has 0 saturated heterocycles. The summed E-state index contributed by atoms with van der Waals surface area (Å²) in [6.07, 6.45) is 33.7. The lowest BCUT2D eigenvalue weighted by atomic mass is 9.90. The van der Waals surface area contributed by atoms with Gasteiger partial charge in [0.15, 0.2) is 11.9 Å². The summed E-state index contributed by atoms with van der Waals surface area (Å²) in [6, 6.07) is 0. The highest BCUT2D eigenvalue weighted by Crippen LogP contribution is 2.38. The summed E-state index contributed by atoms with van der Waals surface area (Å²) in [5.74, 6) is -1.21. The number of carbonyl (C=O) groups is 3. The van der Waals surface area contributed by atoms with E-state index in [1.807, 2.05) is 45.4 Å². The van der Waals surface area contributed by atoms with Gasteiger partial charge >= 0.3 is 11.9 Å². The molecule has 0 aromatic carbocycles. The van der Waals surface area contributed by atoms with Crippen LogP contribution >= 0.6 is 7.82 Å². The minimum atomic E-state index is -4.68. The lowest BCUT2D eigenvalue weighted by Crippen LogP contribution is -2.37. The van der Waals surface area contributed by atoms with Crippen molar-refractivity contribution in [3.8, 4) is 0 Å². The average molecular weight is 840 g/mol. The third kappa shape index (κ3) is 30.8. The van der Waals surface area contributed by atoms with Crippen molar-refractivity contribution in [3.63, 3.8) is 0 Å². The fraction of sp³-hybridized carbons (Fsp3) is 0.804. The minimum Gasteiger partial charge on any atom is -0.756 e. The molecule has 1 aliphatic carbocycles. The number of ketones is 1. The van der Waals surface area contributed by atoms with Crippen LogP contribution in [-0.4, -0.2) is 87.0 Å². The summed E-state index contributed by atoms with van der Waals surface area (Å²) in [5.41, 5.74) is 0. The van der Waals surface area contributed by atoms with Crippen LogP contribution in [0.25, 0.3) is 0 Å². The Labute approximate surface area is 352 Å². The highest BCUT2D eigenvalue weighted by Gasteiger charge is 2.27. The van der Waals surface area contributed by atoms with Gasteiger partial charge in [-0.2, -0.15) is 0 Å². The second-order valence-corrected chi connectivity index (χ2v) is 18.5. The molecule has 336 valence electrons. The van der Waals surface area contributed by atoms with Gasteiger partial charge in [-0.1, -0.05) is 153 Å². The van der Waals surface area contributed by atoms with Gasteiger partial charge in [-0.05, 0) is 44.1 Å². The number of carbonyl (C=O) groups excluding carboxylic acids is 3. The zero-order chi connectivity index (χ0) is 42.9. The molecule has 0 spiro atoms. The van der Waals surface area contributed by atoms with Gasteiger partial charge in [0.2, 0.25) is 0 Å². The molecule has 11 nitrogen and oxygen atoms in total. The van der Waals surface area contributed by atoms with Crippen LogP contribution in [0.4, 0.5) is 0 Å². The lowest BCUT2D eigenvalue weighted by Gasteiger charge is -2.28. The highest BCUT2D eigenvalue weighted by molar-refractivity contribution is 7.45. The molecule has 1 N–H and O–H groups in total.